The molecular formula is C11H14ClN5. The van der Waals surface area contributed by atoms with Gasteiger partial charge in [-0.05, 0) is 25.0 Å². The highest BCUT2D eigenvalue weighted by atomic mass is 35.5. The van der Waals surface area contributed by atoms with E-state index in [0.717, 1.165) is 11.4 Å². The third-order valence-corrected chi connectivity index (χ3v) is 2.82. The minimum Gasteiger partial charge on any atom is -0.382 e. The molecule has 0 amide bonds. The van der Waals surface area contributed by atoms with E-state index in [1.807, 2.05) is 32.9 Å². The predicted octanol–water partition coefficient (Wildman–Crippen LogP) is 2.33. The molecule has 2 N–H and O–H groups in total. The largest absolute Gasteiger partial charge is 0.382 e. The highest BCUT2D eigenvalue weighted by Crippen LogP contribution is 2.29. The number of anilines is 1. The van der Waals surface area contributed by atoms with Gasteiger partial charge in [0.05, 0.1) is 11.4 Å². The molecule has 0 saturated heterocycles. The molecule has 0 bridgehead atoms. The van der Waals surface area contributed by atoms with Crippen LogP contribution >= 0.6 is 11.6 Å². The van der Waals surface area contributed by atoms with Crippen molar-refractivity contribution in [2.24, 2.45) is 0 Å². The first-order valence-electron chi connectivity index (χ1n) is 5.35. The third-order valence-electron chi connectivity index (χ3n) is 2.43. The number of aromatic nitrogens is 4. The summed E-state index contributed by atoms with van der Waals surface area (Å²) >= 11 is 6.13. The van der Waals surface area contributed by atoms with Crippen LogP contribution in [0.4, 0.5) is 5.82 Å². The second-order valence-electron chi connectivity index (χ2n) is 4.18. The summed E-state index contributed by atoms with van der Waals surface area (Å²) in [5.74, 6) is 1.18. The summed E-state index contributed by atoms with van der Waals surface area (Å²) < 4.78 is 1.52. The van der Waals surface area contributed by atoms with E-state index in [9.17, 15) is 0 Å². The lowest BCUT2D eigenvalue weighted by Crippen LogP contribution is -2.05. The topological polar surface area (TPSA) is 69.6 Å². The first kappa shape index (κ1) is 11.9. The molecule has 0 atom stereocenters. The summed E-state index contributed by atoms with van der Waals surface area (Å²) in [5.41, 5.74) is 7.52. The maximum absolute atomic E-state index is 6.13. The summed E-state index contributed by atoms with van der Waals surface area (Å²) in [7, 11) is 0. The van der Waals surface area contributed by atoms with Gasteiger partial charge in [0.25, 0.3) is 0 Å². The first-order chi connectivity index (χ1) is 8.00. The van der Waals surface area contributed by atoms with Crippen LogP contribution in [0.5, 0.6) is 0 Å². The SMILES string of the molecule is Cc1ccc(-n2nc(C(C)C)c(Cl)c2N)nn1. The minimum atomic E-state index is 0.212. The molecule has 0 aliphatic rings. The van der Waals surface area contributed by atoms with E-state index in [4.69, 9.17) is 17.3 Å². The van der Waals surface area contributed by atoms with Crippen LogP contribution in [0.1, 0.15) is 31.2 Å². The quantitative estimate of drug-likeness (QED) is 0.889. The molecule has 2 rings (SSSR count). The van der Waals surface area contributed by atoms with E-state index in [2.05, 4.69) is 15.3 Å². The molecule has 6 heteroatoms. The molecule has 90 valence electrons. The fourth-order valence-corrected chi connectivity index (χ4v) is 1.81. The van der Waals surface area contributed by atoms with Gasteiger partial charge in [-0.1, -0.05) is 25.4 Å². The molecule has 2 aromatic rings. The Hall–Kier alpha value is -1.62. The summed E-state index contributed by atoms with van der Waals surface area (Å²) in [6.45, 7) is 5.90. The number of halogens is 1. The van der Waals surface area contributed by atoms with E-state index in [-0.39, 0.29) is 5.92 Å². The smallest absolute Gasteiger partial charge is 0.178 e. The van der Waals surface area contributed by atoms with Crippen molar-refractivity contribution < 1.29 is 0 Å². The van der Waals surface area contributed by atoms with Crippen LogP contribution in [-0.4, -0.2) is 20.0 Å². The second-order valence-corrected chi connectivity index (χ2v) is 4.56. The van der Waals surface area contributed by atoms with Crippen molar-refractivity contribution in [2.45, 2.75) is 26.7 Å². The molecule has 0 fully saturated rings. The van der Waals surface area contributed by atoms with Gasteiger partial charge in [0.1, 0.15) is 10.8 Å². The molecule has 0 saturated carbocycles. The van der Waals surface area contributed by atoms with E-state index in [1.165, 1.54) is 4.68 Å². The highest BCUT2D eigenvalue weighted by Gasteiger charge is 2.17. The Bertz CT molecular complexity index is 530. The van der Waals surface area contributed by atoms with Crippen molar-refractivity contribution in [3.8, 4) is 5.82 Å². The van der Waals surface area contributed by atoms with Gasteiger partial charge in [0.2, 0.25) is 0 Å². The van der Waals surface area contributed by atoms with Crippen LogP contribution in [0.15, 0.2) is 12.1 Å². The summed E-state index contributed by atoms with van der Waals surface area (Å²) in [5, 5.41) is 12.9. The summed E-state index contributed by atoms with van der Waals surface area (Å²) in [6.07, 6.45) is 0. The number of nitrogens with two attached hydrogens (primary N) is 1. The standard InChI is InChI=1S/C11H14ClN5/c1-6(2)10-9(12)11(13)17(16-10)8-5-4-7(3)14-15-8/h4-6H,13H2,1-3H3. The molecule has 0 aromatic carbocycles. The van der Waals surface area contributed by atoms with Gasteiger partial charge in [0.15, 0.2) is 5.82 Å². The third kappa shape index (κ3) is 2.10. The fourth-order valence-electron chi connectivity index (χ4n) is 1.48. The van der Waals surface area contributed by atoms with Crippen molar-refractivity contribution in [1.82, 2.24) is 20.0 Å². The lowest BCUT2D eigenvalue weighted by Gasteiger charge is -2.01. The zero-order chi connectivity index (χ0) is 12.6. The van der Waals surface area contributed by atoms with Crippen LogP contribution < -0.4 is 5.73 Å². The zero-order valence-corrected chi connectivity index (χ0v) is 10.7. The zero-order valence-electron chi connectivity index (χ0n) is 9.98. The number of nitrogens with zero attached hydrogens (tertiary/aromatic N) is 4. The molecular weight excluding hydrogens is 238 g/mol. The van der Waals surface area contributed by atoms with Crippen LogP contribution in [0, 0.1) is 6.92 Å². The van der Waals surface area contributed by atoms with Crippen molar-refractivity contribution in [3.63, 3.8) is 0 Å². The minimum absolute atomic E-state index is 0.212. The monoisotopic (exact) mass is 251 g/mol. The van der Waals surface area contributed by atoms with E-state index in [0.29, 0.717) is 16.7 Å². The van der Waals surface area contributed by atoms with Crippen molar-refractivity contribution in [1.29, 1.82) is 0 Å². The molecule has 2 aromatic heterocycles. The Balaban J connectivity index is 2.53. The van der Waals surface area contributed by atoms with Crippen LogP contribution in [0.2, 0.25) is 5.02 Å². The molecule has 0 radical (unpaired) electrons. The van der Waals surface area contributed by atoms with Gasteiger partial charge in [-0.3, -0.25) is 0 Å². The number of aryl methyl sites for hydroxylation is 1. The van der Waals surface area contributed by atoms with E-state index < -0.39 is 0 Å². The summed E-state index contributed by atoms with van der Waals surface area (Å²) in [4.78, 5) is 0. The van der Waals surface area contributed by atoms with E-state index >= 15 is 0 Å². The first-order valence-corrected chi connectivity index (χ1v) is 5.73. The number of hydrogen-bond acceptors (Lipinski definition) is 4. The van der Waals surface area contributed by atoms with Gasteiger partial charge in [-0.2, -0.15) is 14.9 Å². The lowest BCUT2D eigenvalue weighted by molar-refractivity contribution is 0.749. The molecule has 0 aliphatic carbocycles. The second kappa shape index (κ2) is 4.33. The average molecular weight is 252 g/mol. The van der Waals surface area contributed by atoms with Crippen molar-refractivity contribution in [2.75, 3.05) is 5.73 Å². The number of hydrogen-bond donors (Lipinski definition) is 1. The summed E-state index contributed by atoms with van der Waals surface area (Å²) in [6, 6.07) is 3.67. The van der Waals surface area contributed by atoms with Gasteiger partial charge < -0.3 is 5.73 Å². The van der Waals surface area contributed by atoms with Crippen molar-refractivity contribution in [3.05, 3.63) is 28.5 Å². The Morgan fingerprint density at radius 1 is 1.29 bits per heavy atom. The molecule has 0 spiro atoms. The Morgan fingerprint density at radius 2 is 2.00 bits per heavy atom. The Kier molecular flexibility index (Phi) is 3.02. The molecule has 0 aliphatic heterocycles. The van der Waals surface area contributed by atoms with Gasteiger partial charge >= 0.3 is 0 Å². The van der Waals surface area contributed by atoms with Crippen LogP contribution in [-0.2, 0) is 0 Å². The predicted molar refractivity (Wildman–Crippen MR) is 67.4 cm³/mol. The molecule has 0 unspecified atom stereocenters. The maximum atomic E-state index is 6.13. The Labute approximate surface area is 105 Å². The normalized spacial score (nSPS) is 11.1. The molecule has 2 heterocycles. The number of rotatable bonds is 2. The fraction of sp³-hybridized carbons (Fsp3) is 0.364. The van der Waals surface area contributed by atoms with E-state index in [1.54, 1.807) is 0 Å². The van der Waals surface area contributed by atoms with Crippen LogP contribution in [0.3, 0.4) is 0 Å². The lowest BCUT2D eigenvalue weighted by atomic mass is 10.1. The van der Waals surface area contributed by atoms with Crippen molar-refractivity contribution >= 4 is 17.4 Å². The Morgan fingerprint density at radius 3 is 2.47 bits per heavy atom. The van der Waals surface area contributed by atoms with Gasteiger partial charge in [-0.15, -0.1) is 5.10 Å². The molecule has 17 heavy (non-hydrogen) atoms. The number of nitrogen functional groups attached to an aromatic ring is 1. The maximum Gasteiger partial charge on any atom is 0.178 e. The van der Waals surface area contributed by atoms with Crippen LogP contribution in [0.25, 0.3) is 5.82 Å². The highest BCUT2D eigenvalue weighted by molar-refractivity contribution is 6.33. The molecule has 5 nitrogen and oxygen atoms in total. The average Bonchev–Trinajstić information content (AvgIpc) is 2.58. The van der Waals surface area contributed by atoms with Gasteiger partial charge in [-0.25, -0.2) is 0 Å². The van der Waals surface area contributed by atoms with Gasteiger partial charge in [0, 0.05) is 0 Å².